The largest absolute Gasteiger partial charge is 0.487 e. The summed E-state index contributed by atoms with van der Waals surface area (Å²) in [4.78, 5) is 4.60. The molecule has 19 heavy (non-hydrogen) atoms. The van der Waals surface area contributed by atoms with Crippen LogP contribution in [0.2, 0.25) is 0 Å². The highest BCUT2D eigenvalue weighted by molar-refractivity contribution is 6.03. The van der Waals surface area contributed by atoms with Gasteiger partial charge < -0.3 is 4.74 Å². The fraction of sp³-hybridized carbons (Fsp3) is 0.235. The number of aliphatic imine (C=N–C) groups is 1. The molecule has 0 unspecified atom stereocenters. The zero-order valence-corrected chi connectivity index (χ0v) is 11.1. The Balaban J connectivity index is 1.74. The molecule has 0 aliphatic carbocycles. The summed E-state index contributed by atoms with van der Waals surface area (Å²) >= 11 is 0. The van der Waals surface area contributed by atoms with Crippen molar-refractivity contribution >= 4 is 5.71 Å². The van der Waals surface area contributed by atoms with Crippen LogP contribution in [0.25, 0.3) is 0 Å². The minimum atomic E-state index is 0.542. The molecule has 0 amide bonds. The fourth-order valence-electron chi connectivity index (χ4n) is 2.33. The van der Waals surface area contributed by atoms with E-state index in [2.05, 4.69) is 48.3 Å². The van der Waals surface area contributed by atoms with E-state index in [0.29, 0.717) is 6.61 Å². The summed E-state index contributed by atoms with van der Waals surface area (Å²) in [6, 6.07) is 16.6. The second-order valence-corrected chi connectivity index (χ2v) is 4.84. The Morgan fingerprint density at radius 2 is 1.84 bits per heavy atom. The van der Waals surface area contributed by atoms with Crippen molar-refractivity contribution in [1.82, 2.24) is 0 Å². The average Bonchev–Trinajstić information content (AvgIpc) is 2.47. The van der Waals surface area contributed by atoms with Gasteiger partial charge in [-0.15, -0.1) is 0 Å². The Morgan fingerprint density at radius 1 is 1.05 bits per heavy atom. The lowest BCUT2D eigenvalue weighted by Gasteiger charge is -2.17. The molecule has 2 aromatic carbocycles. The monoisotopic (exact) mass is 251 g/mol. The lowest BCUT2D eigenvalue weighted by atomic mass is 9.98. The Hall–Kier alpha value is -2.09. The van der Waals surface area contributed by atoms with Crippen LogP contribution < -0.4 is 4.74 Å². The quantitative estimate of drug-likeness (QED) is 0.819. The predicted molar refractivity (Wildman–Crippen MR) is 78.2 cm³/mol. The van der Waals surface area contributed by atoms with Crippen LogP contribution in [-0.4, -0.2) is 18.9 Å². The van der Waals surface area contributed by atoms with E-state index in [1.807, 2.05) is 12.1 Å². The van der Waals surface area contributed by atoms with Crippen LogP contribution in [0.3, 0.4) is 0 Å². The number of rotatable bonds is 3. The van der Waals surface area contributed by atoms with Crippen LogP contribution in [0.1, 0.15) is 16.7 Å². The van der Waals surface area contributed by atoms with Gasteiger partial charge in [-0.1, -0.05) is 42.0 Å². The maximum atomic E-state index is 5.83. The summed E-state index contributed by atoms with van der Waals surface area (Å²) in [7, 11) is 0. The smallest absolute Gasteiger partial charge is 0.130 e. The highest BCUT2D eigenvalue weighted by atomic mass is 16.5. The van der Waals surface area contributed by atoms with Crippen molar-refractivity contribution in [3.8, 4) is 5.75 Å². The van der Waals surface area contributed by atoms with Crippen LogP contribution in [0, 0.1) is 6.92 Å². The number of hydrogen-bond donors (Lipinski definition) is 0. The average molecular weight is 251 g/mol. The van der Waals surface area contributed by atoms with Crippen molar-refractivity contribution < 1.29 is 4.74 Å². The van der Waals surface area contributed by atoms with Gasteiger partial charge in [0.25, 0.3) is 0 Å². The van der Waals surface area contributed by atoms with Gasteiger partial charge >= 0.3 is 0 Å². The zero-order valence-electron chi connectivity index (χ0n) is 11.1. The van der Waals surface area contributed by atoms with Gasteiger partial charge in [-0.2, -0.15) is 0 Å². The van der Waals surface area contributed by atoms with E-state index < -0.39 is 0 Å². The van der Waals surface area contributed by atoms with Gasteiger partial charge in [-0.3, -0.25) is 4.99 Å². The molecule has 0 aromatic heterocycles. The molecule has 0 saturated carbocycles. The molecule has 0 bridgehead atoms. The van der Waals surface area contributed by atoms with E-state index in [1.165, 1.54) is 16.7 Å². The molecule has 0 radical (unpaired) electrons. The molecule has 3 rings (SSSR count). The summed E-state index contributed by atoms with van der Waals surface area (Å²) in [5.41, 5.74) is 4.91. The lowest BCUT2D eigenvalue weighted by Crippen LogP contribution is -2.19. The summed E-state index contributed by atoms with van der Waals surface area (Å²) in [6.07, 6.45) is 1.03. The van der Waals surface area contributed by atoms with E-state index >= 15 is 0 Å². The van der Waals surface area contributed by atoms with Gasteiger partial charge in [0.1, 0.15) is 12.4 Å². The van der Waals surface area contributed by atoms with Gasteiger partial charge in [-0.25, -0.2) is 0 Å². The van der Waals surface area contributed by atoms with Crippen molar-refractivity contribution in [2.24, 2.45) is 4.99 Å². The predicted octanol–water partition coefficient (Wildman–Crippen LogP) is 3.42. The van der Waals surface area contributed by atoms with Crippen molar-refractivity contribution in [2.75, 3.05) is 13.2 Å². The van der Waals surface area contributed by atoms with E-state index in [1.54, 1.807) is 0 Å². The molecule has 1 heterocycles. The molecule has 1 aliphatic heterocycles. The highest BCUT2D eigenvalue weighted by Gasteiger charge is 2.13. The summed E-state index contributed by atoms with van der Waals surface area (Å²) in [6.45, 7) is 3.48. The minimum absolute atomic E-state index is 0.542. The number of nitrogens with zero attached hydrogens (tertiary/aromatic N) is 1. The first-order chi connectivity index (χ1) is 9.33. The van der Waals surface area contributed by atoms with E-state index in [0.717, 1.165) is 24.4 Å². The van der Waals surface area contributed by atoms with Gasteiger partial charge in [0.05, 0.1) is 5.71 Å². The molecule has 2 nitrogen and oxygen atoms in total. The van der Waals surface area contributed by atoms with E-state index in [9.17, 15) is 0 Å². The number of aryl methyl sites for hydroxylation is 1. The summed E-state index contributed by atoms with van der Waals surface area (Å²) in [5.74, 6) is 0.899. The Morgan fingerprint density at radius 3 is 2.68 bits per heavy atom. The lowest BCUT2D eigenvalue weighted by molar-refractivity contribution is 0.376. The molecule has 0 atom stereocenters. The molecule has 0 N–H and O–H groups in total. The second kappa shape index (κ2) is 5.27. The molecule has 0 spiro atoms. The van der Waals surface area contributed by atoms with Gasteiger partial charge in [0.15, 0.2) is 0 Å². The van der Waals surface area contributed by atoms with Gasteiger partial charge in [0, 0.05) is 12.1 Å². The van der Waals surface area contributed by atoms with E-state index in [4.69, 9.17) is 4.74 Å². The first kappa shape index (κ1) is 12.0. The maximum Gasteiger partial charge on any atom is 0.130 e. The van der Waals surface area contributed by atoms with Crippen LogP contribution in [-0.2, 0) is 6.42 Å². The zero-order chi connectivity index (χ0) is 13.1. The number of benzene rings is 2. The molecular weight excluding hydrogens is 234 g/mol. The molecular formula is C17H17NO. The van der Waals surface area contributed by atoms with Crippen LogP contribution in [0.15, 0.2) is 53.5 Å². The van der Waals surface area contributed by atoms with Crippen LogP contribution in [0.5, 0.6) is 5.75 Å². The number of ether oxygens (including phenoxy) is 1. The Kier molecular flexibility index (Phi) is 3.32. The molecule has 0 saturated heterocycles. The summed E-state index contributed by atoms with van der Waals surface area (Å²) < 4.78 is 5.83. The van der Waals surface area contributed by atoms with Gasteiger partial charge in [0.2, 0.25) is 0 Å². The molecule has 0 fully saturated rings. The second-order valence-electron chi connectivity index (χ2n) is 4.84. The highest BCUT2D eigenvalue weighted by Crippen LogP contribution is 2.17. The first-order valence-corrected chi connectivity index (χ1v) is 6.64. The standard InChI is InChI=1S/C17H17NO/c1-13-6-8-15(9-7-13)19-12-17-16-5-3-2-4-14(16)10-11-18-17/h2-9H,10-12H2,1H3. The van der Waals surface area contributed by atoms with Crippen LogP contribution >= 0.6 is 0 Å². The molecule has 2 aromatic rings. The summed E-state index contributed by atoms with van der Waals surface area (Å²) in [5, 5.41) is 0. The van der Waals surface area contributed by atoms with E-state index in [-0.39, 0.29) is 0 Å². The maximum absolute atomic E-state index is 5.83. The fourth-order valence-corrected chi connectivity index (χ4v) is 2.33. The number of hydrogen-bond acceptors (Lipinski definition) is 2. The molecule has 96 valence electrons. The Bertz CT molecular complexity index is 599. The normalized spacial score (nSPS) is 13.6. The third-order valence-corrected chi connectivity index (χ3v) is 3.41. The molecule has 2 heteroatoms. The third kappa shape index (κ3) is 2.68. The van der Waals surface area contributed by atoms with Crippen LogP contribution in [0.4, 0.5) is 0 Å². The topological polar surface area (TPSA) is 21.6 Å². The third-order valence-electron chi connectivity index (χ3n) is 3.41. The molecule has 1 aliphatic rings. The van der Waals surface area contributed by atoms with Crippen molar-refractivity contribution in [3.63, 3.8) is 0 Å². The SMILES string of the molecule is Cc1ccc(OCC2=NCCc3ccccc32)cc1. The van der Waals surface area contributed by atoms with Crippen molar-refractivity contribution in [2.45, 2.75) is 13.3 Å². The van der Waals surface area contributed by atoms with Gasteiger partial charge in [-0.05, 0) is 31.0 Å². The minimum Gasteiger partial charge on any atom is -0.487 e. The Labute approximate surface area is 113 Å². The van der Waals surface area contributed by atoms with Crippen molar-refractivity contribution in [3.05, 3.63) is 65.2 Å². The first-order valence-electron chi connectivity index (χ1n) is 6.64. The number of fused-ring (bicyclic) bond motifs is 1. The van der Waals surface area contributed by atoms with Crippen molar-refractivity contribution in [1.29, 1.82) is 0 Å².